The van der Waals surface area contributed by atoms with Gasteiger partial charge in [0, 0.05) is 5.54 Å². The van der Waals surface area contributed by atoms with Crippen molar-refractivity contribution in [3.8, 4) is 0 Å². The van der Waals surface area contributed by atoms with Crippen LogP contribution in [0.5, 0.6) is 0 Å². The van der Waals surface area contributed by atoms with E-state index in [9.17, 15) is 0 Å². The molecule has 0 radical (unpaired) electrons. The number of nitrogens with two attached hydrogens (primary N) is 1. The second-order valence-electron chi connectivity index (χ2n) is 6.42. The molecule has 1 unspecified atom stereocenters. The van der Waals surface area contributed by atoms with E-state index in [-0.39, 0.29) is 5.54 Å². The van der Waals surface area contributed by atoms with Crippen LogP contribution in [-0.2, 0) is 0 Å². The molecule has 0 aromatic carbocycles. The maximum Gasteiger partial charge on any atom is 0.0185 e. The van der Waals surface area contributed by atoms with Crippen LogP contribution in [0.1, 0.15) is 64.2 Å². The van der Waals surface area contributed by atoms with Gasteiger partial charge in [0.25, 0.3) is 0 Å². The fourth-order valence-electron chi connectivity index (χ4n) is 4.66. The minimum atomic E-state index is 0.252. The van der Waals surface area contributed by atoms with E-state index < -0.39 is 0 Å². The Kier molecular flexibility index (Phi) is 2.54. The highest BCUT2D eigenvalue weighted by Gasteiger charge is 2.45. The van der Waals surface area contributed by atoms with Crippen LogP contribution in [0.2, 0.25) is 0 Å². The molecular weight excluding hydrogens is 182 g/mol. The van der Waals surface area contributed by atoms with E-state index in [4.69, 9.17) is 5.73 Å². The summed E-state index contributed by atoms with van der Waals surface area (Å²) in [6, 6.07) is 0. The first kappa shape index (κ1) is 10.1. The van der Waals surface area contributed by atoms with Crippen LogP contribution in [0.25, 0.3) is 0 Å². The van der Waals surface area contributed by atoms with Crippen molar-refractivity contribution in [1.29, 1.82) is 0 Å². The van der Waals surface area contributed by atoms with Crippen molar-refractivity contribution in [3.63, 3.8) is 0 Å². The third-order valence-electron chi connectivity index (χ3n) is 5.57. The highest BCUT2D eigenvalue weighted by Crippen LogP contribution is 2.51. The van der Waals surface area contributed by atoms with Crippen molar-refractivity contribution < 1.29 is 0 Å². The molecule has 86 valence electrons. The molecule has 4 aliphatic rings. The van der Waals surface area contributed by atoms with Gasteiger partial charge in [0.05, 0.1) is 0 Å². The minimum Gasteiger partial charge on any atom is -0.325 e. The molecule has 1 atom stereocenters. The molecule has 0 amide bonds. The lowest BCUT2D eigenvalue weighted by atomic mass is 9.56. The molecule has 4 saturated carbocycles. The molecule has 0 aliphatic heterocycles. The van der Waals surface area contributed by atoms with Crippen LogP contribution in [0.3, 0.4) is 0 Å². The fourth-order valence-corrected chi connectivity index (χ4v) is 4.66. The number of rotatable bonds is 1. The van der Waals surface area contributed by atoms with E-state index in [1.54, 1.807) is 0 Å². The van der Waals surface area contributed by atoms with Crippen molar-refractivity contribution >= 4 is 0 Å². The molecule has 0 saturated heterocycles. The lowest BCUT2D eigenvalue weighted by molar-refractivity contribution is 0.0248. The lowest BCUT2D eigenvalue weighted by Gasteiger charge is -2.52. The first-order chi connectivity index (χ1) is 7.28. The van der Waals surface area contributed by atoms with Gasteiger partial charge in [-0.2, -0.15) is 0 Å². The molecule has 0 heterocycles. The molecule has 4 rings (SSSR count). The monoisotopic (exact) mass is 207 g/mol. The van der Waals surface area contributed by atoms with E-state index in [0.717, 1.165) is 17.8 Å². The van der Waals surface area contributed by atoms with Crippen molar-refractivity contribution in [2.75, 3.05) is 0 Å². The molecule has 0 aromatic heterocycles. The topological polar surface area (TPSA) is 26.0 Å². The molecule has 0 spiro atoms. The lowest BCUT2D eigenvalue weighted by Crippen LogP contribution is -2.54. The van der Waals surface area contributed by atoms with E-state index in [1.807, 2.05) is 0 Å². The SMILES string of the molecule is NC1(C2CC3CCC2CC3)CCCCC1. The van der Waals surface area contributed by atoms with Gasteiger partial charge >= 0.3 is 0 Å². The summed E-state index contributed by atoms with van der Waals surface area (Å²) in [6.07, 6.45) is 14.3. The fraction of sp³-hybridized carbons (Fsp3) is 1.00. The number of fused-ring (bicyclic) bond motifs is 3. The summed E-state index contributed by atoms with van der Waals surface area (Å²) in [5, 5.41) is 0. The predicted octanol–water partition coefficient (Wildman–Crippen LogP) is 3.47. The van der Waals surface area contributed by atoms with Gasteiger partial charge in [0.1, 0.15) is 0 Å². The third kappa shape index (κ3) is 1.73. The van der Waals surface area contributed by atoms with Gasteiger partial charge in [-0.1, -0.05) is 32.1 Å². The molecule has 4 fully saturated rings. The molecule has 2 N–H and O–H groups in total. The molecule has 0 aromatic rings. The van der Waals surface area contributed by atoms with E-state index in [0.29, 0.717) is 0 Å². The number of hydrogen-bond acceptors (Lipinski definition) is 1. The Bertz CT molecular complexity index is 221. The van der Waals surface area contributed by atoms with Gasteiger partial charge in [0.15, 0.2) is 0 Å². The molecule has 15 heavy (non-hydrogen) atoms. The van der Waals surface area contributed by atoms with E-state index in [1.165, 1.54) is 64.2 Å². The van der Waals surface area contributed by atoms with Crippen molar-refractivity contribution in [3.05, 3.63) is 0 Å². The first-order valence-electron chi connectivity index (χ1n) is 7.07. The zero-order chi connectivity index (χ0) is 10.3. The summed E-state index contributed by atoms with van der Waals surface area (Å²) in [5.41, 5.74) is 6.97. The Labute approximate surface area is 93.8 Å². The normalized spacial score (nSPS) is 44.2. The van der Waals surface area contributed by atoms with Gasteiger partial charge in [-0.05, 0) is 49.9 Å². The molecule has 4 aliphatic carbocycles. The Morgan fingerprint density at radius 2 is 1.53 bits per heavy atom. The van der Waals surface area contributed by atoms with Crippen LogP contribution in [-0.4, -0.2) is 5.54 Å². The van der Waals surface area contributed by atoms with Gasteiger partial charge in [-0.25, -0.2) is 0 Å². The summed E-state index contributed by atoms with van der Waals surface area (Å²) >= 11 is 0. The average Bonchev–Trinajstić information content (AvgIpc) is 2.31. The summed E-state index contributed by atoms with van der Waals surface area (Å²) < 4.78 is 0. The van der Waals surface area contributed by atoms with Gasteiger partial charge in [-0.3, -0.25) is 0 Å². The average molecular weight is 207 g/mol. The van der Waals surface area contributed by atoms with Crippen LogP contribution in [0.4, 0.5) is 0 Å². The maximum atomic E-state index is 6.72. The van der Waals surface area contributed by atoms with E-state index >= 15 is 0 Å². The predicted molar refractivity (Wildman–Crippen MR) is 63.6 cm³/mol. The second kappa shape index (κ2) is 3.76. The Hall–Kier alpha value is -0.0400. The van der Waals surface area contributed by atoms with E-state index in [2.05, 4.69) is 0 Å². The minimum absolute atomic E-state index is 0.252. The Balaban J connectivity index is 1.75. The van der Waals surface area contributed by atoms with Gasteiger partial charge in [0.2, 0.25) is 0 Å². The van der Waals surface area contributed by atoms with Crippen LogP contribution < -0.4 is 5.73 Å². The quantitative estimate of drug-likeness (QED) is 0.700. The second-order valence-corrected chi connectivity index (χ2v) is 6.42. The van der Waals surface area contributed by atoms with Crippen LogP contribution in [0, 0.1) is 17.8 Å². The summed E-state index contributed by atoms with van der Waals surface area (Å²) in [4.78, 5) is 0. The standard InChI is InChI=1S/C14H25N/c15-14(8-2-1-3-9-14)13-10-11-4-6-12(13)7-5-11/h11-13H,1-10,15H2. The molecule has 2 bridgehead atoms. The highest BCUT2D eigenvalue weighted by molar-refractivity contribution is 5.01. The highest BCUT2D eigenvalue weighted by atomic mass is 14.8. The molecule has 1 heteroatoms. The zero-order valence-corrected chi connectivity index (χ0v) is 9.88. The van der Waals surface area contributed by atoms with Crippen molar-refractivity contribution in [2.24, 2.45) is 23.5 Å². The Morgan fingerprint density at radius 3 is 2.07 bits per heavy atom. The zero-order valence-electron chi connectivity index (χ0n) is 9.88. The van der Waals surface area contributed by atoms with Crippen molar-refractivity contribution in [2.45, 2.75) is 69.7 Å². The summed E-state index contributed by atoms with van der Waals surface area (Å²) in [5.74, 6) is 2.94. The smallest absolute Gasteiger partial charge is 0.0185 e. The van der Waals surface area contributed by atoms with Gasteiger partial charge < -0.3 is 5.73 Å². The summed E-state index contributed by atoms with van der Waals surface area (Å²) in [6.45, 7) is 0. The van der Waals surface area contributed by atoms with Crippen molar-refractivity contribution in [1.82, 2.24) is 0 Å². The Morgan fingerprint density at radius 1 is 0.867 bits per heavy atom. The third-order valence-corrected chi connectivity index (χ3v) is 5.57. The molecule has 1 nitrogen and oxygen atoms in total. The molecular formula is C14H25N. The number of hydrogen-bond donors (Lipinski definition) is 1. The first-order valence-corrected chi connectivity index (χ1v) is 7.07. The van der Waals surface area contributed by atoms with Crippen LogP contribution in [0.15, 0.2) is 0 Å². The summed E-state index contributed by atoms with van der Waals surface area (Å²) in [7, 11) is 0. The largest absolute Gasteiger partial charge is 0.325 e. The van der Waals surface area contributed by atoms with Crippen LogP contribution >= 0.6 is 0 Å². The maximum absolute atomic E-state index is 6.72. The van der Waals surface area contributed by atoms with Gasteiger partial charge in [-0.15, -0.1) is 0 Å².